The number of amides is 1. The average molecular weight is 289 g/mol. The molecule has 5 nitrogen and oxygen atoms in total. The first kappa shape index (κ1) is 13.4. The summed E-state index contributed by atoms with van der Waals surface area (Å²) in [6.07, 6.45) is 0. The smallest absolute Gasteiger partial charge is 0.219 e. The van der Waals surface area contributed by atoms with Gasteiger partial charge in [-0.1, -0.05) is 23.2 Å². The number of carbonyl (C=O) groups excluding carboxylic acids is 1. The molecule has 1 fully saturated rings. The highest BCUT2D eigenvalue weighted by Gasteiger charge is 2.27. The molecule has 98 valence electrons. The number of hydrogen-bond acceptors (Lipinski definition) is 4. The average Bonchev–Trinajstić information content (AvgIpc) is 2.32. The molecule has 2 heterocycles. The van der Waals surface area contributed by atoms with Crippen LogP contribution in [0.15, 0.2) is 6.07 Å². The minimum Gasteiger partial charge on any atom is -0.363 e. The lowest BCUT2D eigenvalue weighted by atomic mass is 10.1. The van der Waals surface area contributed by atoms with Crippen molar-refractivity contribution in [3.63, 3.8) is 0 Å². The van der Waals surface area contributed by atoms with Crippen molar-refractivity contribution in [1.29, 1.82) is 0 Å². The SMILES string of the molecule is CC(=O)N1CCN(c2cc(Cl)nnc2Cl)[C@H](C)C1. The molecule has 1 aliphatic rings. The predicted molar refractivity (Wildman–Crippen MR) is 71.1 cm³/mol. The van der Waals surface area contributed by atoms with E-state index in [1.54, 1.807) is 13.0 Å². The van der Waals surface area contributed by atoms with Crippen LogP contribution in [-0.4, -0.2) is 46.7 Å². The number of piperazine rings is 1. The molecule has 0 aromatic carbocycles. The molecule has 1 amide bonds. The van der Waals surface area contributed by atoms with Crippen molar-refractivity contribution in [2.24, 2.45) is 0 Å². The van der Waals surface area contributed by atoms with Gasteiger partial charge in [-0.25, -0.2) is 0 Å². The van der Waals surface area contributed by atoms with Gasteiger partial charge in [0.05, 0.1) is 5.69 Å². The van der Waals surface area contributed by atoms with Crippen LogP contribution in [0.4, 0.5) is 5.69 Å². The van der Waals surface area contributed by atoms with Gasteiger partial charge in [0.1, 0.15) is 0 Å². The van der Waals surface area contributed by atoms with E-state index >= 15 is 0 Å². The molecule has 1 aliphatic heterocycles. The summed E-state index contributed by atoms with van der Waals surface area (Å²) in [4.78, 5) is 15.3. The molecule has 0 aliphatic carbocycles. The van der Waals surface area contributed by atoms with Crippen molar-refractivity contribution in [1.82, 2.24) is 15.1 Å². The van der Waals surface area contributed by atoms with Crippen LogP contribution >= 0.6 is 23.2 Å². The summed E-state index contributed by atoms with van der Waals surface area (Å²) >= 11 is 11.9. The van der Waals surface area contributed by atoms with E-state index in [9.17, 15) is 4.79 Å². The third kappa shape index (κ3) is 2.67. The van der Waals surface area contributed by atoms with Crippen molar-refractivity contribution in [3.8, 4) is 0 Å². The van der Waals surface area contributed by atoms with Gasteiger partial charge in [-0.2, -0.15) is 0 Å². The molecule has 1 aromatic heterocycles. The van der Waals surface area contributed by atoms with Crippen molar-refractivity contribution in [3.05, 3.63) is 16.4 Å². The molecule has 1 aromatic rings. The fourth-order valence-electron chi connectivity index (χ4n) is 2.15. The van der Waals surface area contributed by atoms with Crippen molar-refractivity contribution >= 4 is 34.8 Å². The van der Waals surface area contributed by atoms with Crippen LogP contribution < -0.4 is 4.90 Å². The van der Waals surface area contributed by atoms with E-state index < -0.39 is 0 Å². The minimum absolute atomic E-state index is 0.0958. The van der Waals surface area contributed by atoms with Crippen LogP contribution in [-0.2, 0) is 4.79 Å². The van der Waals surface area contributed by atoms with Gasteiger partial charge in [-0.15, -0.1) is 10.2 Å². The van der Waals surface area contributed by atoms with E-state index in [1.165, 1.54) is 0 Å². The quantitative estimate of drug-likeness (QED) is 0.791. The highest BCUT2D eigenvalue weighted by atomic mass is 35.5. The summed E-state index contributed by atoms with van der Waals surface area (Å²) in [5.74, 6) is 0.0958. The van der Waals surface area contributed by atoms with E-state index in [4.69, 9.17) is 23.2 Å². The zero-order valence-electron chi connectivity index (χ0n) is 10.2. The van der Waals surface area contributed by atoms with Crippen LogP contribution in [0.3, 0.4) is 0 Å². The zero-order chi connectivity index (χ0) is 13.3. The molecule has 1 atom stereocenters. The summed E-state index contributed by atoms with van der Waals surface area (Å²) in [6, 6.07) is 1.87. The Balaban J connectivity index is 2.20. The molecular formula is C11H14Cl2N4O. The van der Waals surface area contributed by atoms with E-state index in [1.807, 2.05) is 11.8 Å². The largest absolute Gasteiger partial charge is 0.363 e. The second kappa shape index (κ2) is 5.28. The van der Waals surface area contributed by atoms with E-state index in [-0.39, 0.29) is 11.9 Å². The molecule has 0 bridgehead atoms. The lowest BCUT2D eigenvalue weighted by Crippen LogP contribution is -2.53. The van der Waals surface area contributed by atoms with Gasteiger partial charge in [0.2, 0.25) is 5.91 Å². The zero-order valence-corrected chi connectivity index (χ0v) is 11.7. The first-order chi connectivity index (χ1) is 8.49. The second-order valence-electron chi connectivity index (χ2n) is 4.35. The maximum Gasteiger partial charge on any atom is 0.219 e. The van der Waals surface area contributed by atoms with Gasteiger partial charge < -0.3 is 9.80 Å². The number of halogens is 2. The number of aromatic nitrogens is 2. The van der Waals surface area contributed by atoms with Gasteiger partial charge in [-0.05, 0) is 6.92 Å². The van der Waals surface area contributed by atoms with Crippen LogP contribution in [0.1, 0.15) is 13.8 Å². The Morgan fingerprint density at radius 3 is 2.72 bits per heavy atom. The van der Waals surface area contributed by atoms with Gasteiger partial charge >= 0.3 is 0 Å². The fourth-order valence-corrected chi connectivity index (χ4v) is 2.49. The predicted octanol–water partition coefficient (Wildman–Crippen LogP) is 1.84. The molecule has 1 saturated heterocycles. The van der Waals surface area contributed by atoms with Gasteiger partial charge in [0.25, 0.3) is 0 Å². The van der Waals surface area contributed by atoms with E-state index in [0.717, 1.165) is 5.69 Å². The van der Waals surface area contributed by atoms with Gasteiger partial charge in [0.15, 0.2) is 10.3 Å². The van der Waals surface area contributed by atoms with Crippen LogP contribution in [0.5, 0.6) is 0 Å². The maximum absolute atomic E-state index is 11.3. The number of carbonyl (C=O) groups is 1. The molecule has 7 heteroatoms. The Bertz CT molecular complexity index is 468. The summed E-state index contributed by atoms with van der Waals surface area (Å²) in [5, 5.41) is 8.15. The van der Waals surface area contributed by atoms with E-state index in [0.29, 0.717) is 29.9 Å². The first-order valence-electron chi connectivity index (χ1n) is 5.70. The van der Waals surface area contributed by atoms with Crippen LogP contribution in [0.2, 0.25) is 10.3 Å². The third-order valence-corrected chi connectivity index (χ3v) is 3.54. The number of hydrogen-bond donors (Lipinski definition) is 0. The molecule has 18 heavy (non-hydrogen) atoms. The molecule has 0 saturated carbocycles. The van der Waals surface area contributed by atoms with Gasteiger partial charge in [-0.3, -0.25) is 4.79 Å². The van der Waals surface area contributed by atoms with E-state index in [2.05, 4.69) is 15.1 Å². The maximum atomic E-state index is 11.3. The minimum atomic E-state index is 0.0958. The Morgan fingerprint density at radius 1 is 1.39 bits per heavy atom. The Kier molecular flexibility index (Phi) is 3.92. The highest BCUT2D eigenvalue weighted by Crippen LogP contribution is 2.28. The first-order valence-corrected chi connectivity index (χ1v) is 6.45. The lowest BCUT2D eigenvalue weighted by molar-refractivity contribution is -0.129. The molecule has 0 spiro atoms. The molecule has 0 radical (unpaired) electrons. The Hall–Kier alpha value is -1.07. The third-order valence-electron chi connectivity index (χ3n) is 3.08. The monoisotopic (exact) mass is 288 g/mol. The van der Waals surface area contributed by atoms with Crippen molar-refractivity contribution in [2.45, 2.75) is 19.9 Å². The summed E-state index contributed by atoms with van der Waals surface area (Å²) in [5.41, 5.74) is 0.771. The topological polar surface area (TPSA) is 49.3 Å². The van der Waals surface area contributed by atoms with Crippen molar-refractivity contribution in [2.75, 3.05) is 24.5 Å². The highest BCUT2D eigenvalue weighted by molar-refractivity contribution is 6.33. The Morgan fingerprint density at radius 2 is 2.11 bits per heavy atom. The standard InChI is InChI=1S/C11H14Cl2N4O/c1-7-6-16(8(2)18)3-4-17(7)9-5-10(12)14-15-11(9)13/h5,7H,3-4,6H2,1-2H3/t7-/m1/s1. The number of anilines is 1. The van der Waals surface area contributed by atoms with Crippen LogP contribution in [0, 0.1) is 0 Å². The van der Waals surface area contributed by atoms with Crippen LogP contribution in [0.25, 0.3) is 0 Å². The molecular weight excluding hydrogens is 275 g/mol. The number of nitrogens with zero attached hydrogens (tertiary/aromatic N) is 4. The molecule has 0 N–H and O–H groups in total. The molecule has 0 unspecified atom stereocenters. The number of rotatable bonds is 1. The lowest BCUT2D eigenvalue weighted by Gasteiger charge is -2.40. The molecule has 2 rings (SSSR count). The summed E-state index contributed by atoms with van der Waals surface area (Å²) < 4.78 is 0. The normalized spacial score (nSPS) is 20.1. The summed E-state index contributed by atoms with van der Waals surface area (Å²) in [7, 11) is 0. The van der Waals surface area contributed by atoms with Gasteiger partial charge in [0, 0.05) is 38.7 Å². The second-order valence-corrected chi connectivity index (χ2v) is 5.10. The summed E-state index contributed by atoms with van der Waals surface area (Å²) in [6.45, 7) is 5.68. The Labute approximate surface area is 116 Å². The van der Waals surface area contributed by atoms with Crippen molar-refractivity contribution < 1.29 is 4.79 Å². The fraction of sp³-hybridized carbons (Fsp3) is 0.545.